The zero-order valence-corrected chi connectivity index (χ0v) is 6.94. The quantitative estimate of drug-likeness (QED) is 0.696. The largest absolute Gasteiger partial charge is 0.478 e. The molecule has 0 saturated heterocycles. The second-order valence-electron chi connectivity index (χ2n) is 2.50. The maximum absolute atomic E-state index is 10.6. The van der Waals surface area contributed by atoms with Gasteiger partial charge in [0.25, 0.3) is 6.26 Å². The van der Waals surface area contributed by atoms with Crippen LogP contribution in [0.5, 0.6) is 5.75 Å². The first-order chi connectivity index (χ1) is 6.15. The van der Waals surface area contributed by atoms with Crippen LogP contribution in [0.4, 0.5) is 0 Å². The highest BCUT2D eigenvalue weighted by atomic mass is 16.5. The minimum Gasteiger partial charge on any atom is -0.478 e. The Hall–Kier alpha value is -2.02. The van der Waals surface area contributed by atoms with Gasteiger partial charge in [-0.1, -0.05) is 6.07 Å². The average Bonchev–Trinajstić information content (AvgIpc) is 2.04. The second kappa shape index (κ2) is 3.59. The molecule has 0 amide bonds. The number of ether oxygens (including phenoxy) is 1. The molecule has 1 aromatic carbocycles. The van der Waals surface area contributed by atoms with E-state index in [4.69, 9.17) is 10.4 Å². The maximum atomic E-state index is 10.6. The van der Waals surface area contributed by atoms with E-state index in [2.05, 4.69) is 4.74 Å². The van der Waals surface area contributed by atoms with Crippen molar-refractivity contribution < 1.29 is 14.6 Å². The molecule has 1 rings (SSSR count). The summed E-state index contributed by atoms with van der Waals surface area (Å²) in [5.41, 5.74) is 0.836. The Balaban J connectivity index is 3.20. The summed E-state index contributed by atoms with van der Waals surface area (Å²) in [6, 6.07) is 4.56. The van der Waals surface area contributed by atoms with Crippen LogP contribution in [0.1, 0.15) is 15.9 Å². The number of aryl methyl sites for hydroxylation is 1. The molecule has 66 valence electrons. The molecule has 4 nitrogen and oxygen atoms in total. The number of hydrogen-bond acceptors (Lipinski definition) is 3. The van der Waals surface area contributed by atoms with Crippen molar-refractivity contribution in [2.45, 2.75) is 6.92 Å². The van der Waals surface area contributed by atoms with Crippen LogP contribution < -0.4 is 4.74 Å². The fourth-order valence-electron chi connectivity index (χ4n) is 0.940. The van der Waals surface area contributed by atoms with Gasteiger partial charge in [0.1, 0.15) is 5.56 Å². The molecule has 0 spiro atoms. The first-order valence-corrected chi connectivity index (χ1v) is 3.55. The Kier molecular flexibility index (Phi) is 2.50. The molecular weight excluding hydrogens is 170 g/mol. The third-order valence-electron chi connectivity index (χ3n) is 1.52. The van der Waals surface area contributed by atoms with Gasteiger partial charge in [0.2, 0.25) is 0 Å². The molecule has 0 bridgehead atoms. The number of benzene rings is 1. The Morgan fingerprint density at radius 3 is 2.85 bits per heavy atom. The van der Waals surface area contributed by atoms with Crippen LogP contribution in [0.15, 0.2) is 18.2 Å². The summed E-state index contributed by atoms with van der Waals surface area (Å²) in [5.74, 6) is -1.03. The molecule has 0 atom stereocenters. The summed E-state index contributed by atoms with van der Waals surface area (Å²) in [6.45, 7) is 1.79. The van der Waals surface area contributed by atoms with E-state index in [0.29, 0.717) is 0 Å². The number of aromatic carboxylic acids is 1. The SMILES string of the molecule is Cc1ccc(C(=O)O)c(OC#N)c1. The molecule has 1 aromatic rings. The number of rotatable bonds is 2. The van der Waals surface area contributed by atoms with Gasteiger partial charge in [-0.3, -0.25) is 0 Å². The topological polar surface area (TPSA) is 70.3 Å². The summed E-state index contributed by atoms with van der Waals surface area (Å²) in [4.78, 5) is 10.6. The Morgan fingerprint density at radius 1 is 1.62 bits per heavy atom. The Labute approximate surface area is 75.0 Å². The number of carboxylic acids is 1. The molecule has 0 saturated carbocycles. The van der Waals surface area contributed by atoms with Crippen molar-refractivity contribution in [3.63, 3.8) is 0 Å². The third-order valence-corrected chi connectivity index (χ3v) is 1.52. The van der Waals surface area contributed by atoms with Gasteiger partial charge in [-0.2, -0.15) is 0 Å². The Bertz CT molecular complexity index is 379. The van der Waals surface area contributed by atoms with E-state index in [1.54, 1.807) is 13.0 Å². The summed E-state index contributed by atoms with van der Waals surface area (Å²) in [6.07, 6.45) is 1.44. The van der Waals surface area contributed by atoms with Gasteiger partial charge in [-0.05, 0) is 24.6 Å². The van der Waals surface area contributed by atoms with E-state index in [-0.39, 0.29) is 11.3 Å². The smallest absolute Gasteiger partial charge is 0.339 e. The van der Waals surface area contributed by atoms with Crippen molar-refractivity contribution in [2.24, 2.45) is 0 Å². The summed E-state index contributed by atoms with van der Waals surface area (Å²) in [5, 5.41) is 16.9. The zero-order chi connectivity index (χ0) is 9.84. The second-order valence-corrected chi connectivity index (χ2v) is 2.50. The highest BCUT2D eigenvalue weighted by Crippen LogP contribution is 2.19. The molecule has 0 aliphatic heterocycles. The fraction of sp³-hybridized carbons (Fsp3) is 0.111. The standard InChI is InChI=1S/C9H7NO3/c1-6-2-3-7(9(11)12)8(4-6)13-5-10/h2-4H,1H3,(H,11,12). The first-order valence-electron chi connectivity index (χ1n) is 3.55. The van der Waals surface area contributed by atoms with Crippen molar-refractivity contribution in [1.82, 2.24) is 0 Å². The lowest BCUT2D eigenvalue weighted by Gasteiger charge is -2.02. The molecule has 0 aliphatic carbocycles. The van der Waals surface area contributed by atoms with Crippen LogP contribution in [0.3, 0.4) is 0 Å². The molecule has 0 unspecified atom stereocenters. The van der Waals surface area contributed by atoms with Gasteiger partial charge in [0.15, 0.2) is 5.75 Å². The molecule has 0 radical (unpaired) electrons. The van der Waals surface area contributed by atoms with Crippen LogP contribution >= 0.6 is 0 Å². The van der Waals surface area contributed by atoms with E-state index in [0.717, 1.165) is 5.56 Å². The summed E-state index contributed by atoms with van der Waals surface area (Å²) >= 11 is 0. The van der Waals surface area contributed by atoms with E-state index in [9.17, 15) is 4.79 Å². The zero-order valence-electron chi connectivity index (χ0n) is 6.94. The van der Waals surface area contributed by atoms with Gasteiger partial charge in [-0.15, -0.1) is 5.26 Å². The maximum Gasteiger partial charge on any atom is 0.339 e. The summed E-state index contributed by atoms with van der Waals surface area (Å²) in [7, 11) is 0. The summed E-state index contributed by atoms with van der Waals surface area (Å²) < 4.78 is 4.50. The van der Waals surface area contributed by atoms with Gasteiger partial charge in [0.05, 0.1) is 0 Å². The number of carboxylic acid groups (broad SMARTS) is 1. The predicted octanol–water partition coefficient (Wildman–Crippen LogP) is 1.55. The van der Waals surface area contributed by atoms with Gasteiger partial charge in [-0.25, -0.2) is 4.79 Å². The highest BCUT2D eigenvalue weighted by molar-refractivity contribution is 5.91. The van der Waals surface area contributed by atoms with Crippen molar-refractivity contribution in [1.29, 1.82) is 5.26 Å². The average molecular weight is 177 g/mol. The minimum atomic E-state index is -1.11. The van der Waals surface area contributed by atoms with Gasteiger partial charge < -0.3 is 9.84 Å². The van der Waals surface area contributed by atoms with E-state index < -0.39 is 5.97 Å². The third kappa shape index (κ3) is 1.97. The van der Waals surface area contributed by atoms with Crippen LogP contribution in [-0.2, 0) is 0 Å². The van der Waals surface area contributed by atoms with Gasteiger partial charge in [0, 0.05) is 0 Å². The molecule has 0 heterocycles. The molecule has 1 N–H and O–H groups in total. The molecule has 0 fully saturated rings. The van der Waals surface area contributed by atoms with Crippen LogP contribution in [0, 0.1) is 18.4 Å². The van der Waals surface area contributed by atoms with Crippen molar-refractivity contribution in [3.8, 4) is 12.0 Å². The van der Waals surface area contributed by atoms with Crippen LogP contribution in [0.25, 0.3) is 0 Å². The lowest BCUT2D eigenvalue weighted by Crippen LogP contribution is -2.00. The highest BCUT2D eigenvalue weighted by Gasteiger charge is 2.10. The van der Waals surface area contributed by atoms with E-state index in [1.807, 2.05) is 0 Å². The first kappa shape index (κ1) is 9.07. The lowest BCUT2D eigenvalue weighted by atomic mass is 10.1. The number of nitrogens with zero attached hydrogens (tertiary/aromatic N) is 1. The molecule has 0 aliphatic rings. The van der Waals surface area contributed by atoms with Crippen molar-refractivity contribution in [2.75, 3.05) is 0 Å². The normalized spacial score (nSPS) is 8.92. The number of hydrogen-bond donors (Lipinski definition) is 1. The molecular formula is C9H7NO3. The molecule has 4 heteroatoms. The predicted molar refractivity (Wildman–Crippen MR) is 44.4 cm³/mol. The van der Waals surface area contributed by atoms with E-state index in [1.165, 1.54) is 18.4 Å². The van der Waals surface area contributed by atoms with Crippen molar-refractivity contribution in [3.05, 3.63) is 29.3 Å². The van der Waals surface area contributed by atoms with Crippen LogP contribution in [0.2, 0.25) is 0 Å². The number of nitriles is 1. The fourth-order valence-corrected chi connectivity index (χ4v) is 0.940. The van der Waals surface area contributed by atoms with Crippen LogP contribution in [-0.4, -0.2) is 11.1 Å². The van der Waals surface area contributed by atoms with Gasteiger partial charge >= 0.3 is 5.97 Å². The monoisotopic (exact) mass is 177 g/mol. The molecule has 0 aromatic heterocycles. The molecule has 13 heavy (non-hydrogen) atoms. The van der Waals surface area contributed by atoms with Crippen molar-refractivity contribution >= 4 is 5.97 Å². The lowest BCUT2D eigenvalue weighted by molar-refractivity contribution is 0.0694. The Morgan fingerprint density at radius 2 is 2.31 bits per heavy atom. The van der Waals surface area contributed by atoms with E-state index >= 15 is 0 Å². The number of carbonyl (C=O) groups is 1. The minimum absolute atomic E-state index is 0.00727.